The molecule has 0 heterocycles. The Morgan fingerprint density at radius 3 is 2.57 bits per heavy atom. The van der Waals surface area contributed by atoms with Gasteiger partial charge in [-0.15, -0.1) is 0 Å². The van der Waals surface area contributed by atoms with Gasteiger partial charge in [-0.1, -0.05) is 37.3 Å². The largest absolute Gasteiger partial charge is 0.489 e. The van der Waals surface area contributed by atoms with Gasteiger partial charge < -0.3 is 10.1 Å². The van der Waals surface area contributed by atoms with Crippen LogP contribution in [-0.4, -0.2) is 12.6 Å². The fourth-order valence-electron chi connectivity index (χ4n) is 2.48. The van der Waals surface area contributed by atoms with E-state index in [2.05, 4.69) is 63.3 Å². The molecule has 0 unspecified atom stereocenters. The molecule has 0 aromatic heterocycles. The molecular weight excluding hydrogens is 258 g/mol. The van der Waals surface area contributed by atoms with Crippen LogP contribution >= 0.6 is 0 Å². The van der Waals surface area contributed by atoms with Gasteiger partial charge in [0, 0.05) is 5.69 Å². The fraction of sp³-hybridized carbons (Fsp3) is 0.368. The van der Waals surface area contributed by atoms with Crippen molar-refractivity contribution >= 4 is 5.69 Å². The van der Waals surface area contributed by atoms with E-state index in [9.17, 15) is 0 Å². The molecule has 0 aliphatic heterocycles. The molecule has 112 valence electrons. The zero-order chi connectivity index (χ0) is 15.2. The highest BCUT2D eigenvalue weighted by Gasteiger charge is 2.08. The van der Waals surface area contributed by atoms with Gasteiger partial charge in [0.2, 0.25) is 0 Å². The van der Waals surface area contributed by atoms with Crippen molar-refractivity contribution in [3.63, 3.8) is 0 Å². The van der Waals surface area contributed by atoms with Crippen molar-refractivity contribution in [3.8, 4) is 5.75 Å². The van der Waals surface area contributed by atoms with Gasteiger partial charge in [0.05, 0.1) is 6.54 Å². The molecule has 0 aliphatic rings. The van der Waals surface area contributed by atoms with Gasteiger partial charge in [-0.25, -0.2) is 0 Å². The first-order chi connectivity index (χ1) is 10.1. The average molecular weight is 283 g/mol. The van der Waals surface area contributed by atoms with Crippen LogP contribution in [0.4, 0.5) is 5.69 Å². The maximum atomic E-state index is 5.97. The Balaban J connectivity index is 1.97. The maximum Gasteiger partial charge on any atom is 0.120 e. The molecule has 2 aromatic carbocycles. The molecule has 0 saturated heterocycles. The monoisotopic (exact) mass is 283 g/mol. The van der Waals surface area contributed by atoms with Crippen molar-refractivity contribution in [1.29, 1.82) is 0 Å². The average Bonchev–Trinajstić information content (AvgIpc) is 2.45. The Hall–Kier alpha value is -1.96. The SMILES string of the molecule is CCc1cccc(C)c1NC[C@H](C)Oc1cccc(C)c1. The number of ether oxygens (including phenoxy) is 1. The number of aryl methyl sites for hydroxylation is 3. The Labute approximate surface area is 128 Å². The van der Waals surface area contributed by atoms with E-state index in [1.165, 1.54) is 22.4 Å². The minimum Gasteiger partial charge on any atom is -0.489 e. The first kappa shape index (κ1) is 15.4. The molecule has 2 nitrogen and oxygen atoms in total. The predicted molar refractivity (Wildman–Crippen MR) is 90.3 cm³/mol. The van der Waals surface area contributed by atoms with E-state index in [1.807, 2.05) is 12.1 Å². The van der Waals surface area contributed by atoms with Crippen molar-refractivity contribution in [3.05, 3.63) is 59.2 Å². The van der Waals surface area contributed by atoms with Crippen molar-refractivity contribution in [2.45, 2.75) is 40.2 Å². The van der Waals surface area contributed by atoms with Crippen LogP contribution in [-0.2, 0) is 6.42 Å². The van der Waals surface area contributed by atoms with Gasteiger partial charge >= 0.3 is 0 Å². The van der Waals surface area contributed by atoms with Crippen molar-refractivity contribution in [2.75, 3.05) is 11.9 Å². The second-order valence-electron chi connectivity index (χ2n) is 5.59. The zero-order valence-corrected chi connectivity index (χ0v) is 13.4. The molecule has 2 aromatic rings. The third-order valence-corrected chi connectivity index (χ3v) is 3.63. The summed E-state index contributed by atoms with van der Waals surface area (Å²) in [7, 11) is 0. The minimum atomic E-state index is 0.121. The highest BCUT2D eigenvalue weighted by molar-refractivity contribution is 5.57. The quantitative estimate of drug-likeness (QED) is 0.826. The van der Waals surface area contributed by atoms with Crippen LogP contribution in [0.3, 0.4) is 0 Å². The summed E-state index contributed by atoms with van der Waals surface area (Å²) < 4.78 is 5.97. The van der Waals surface area contributed by atoms with Gasteiger partial charge in [0.1, 0.15) is 11.9 Å². The van der Waals surface area contributed by atoms with Gasteiger partial charge in [-0.05, 0) is 56.0 Å². The third-order valence-electron chi connectivity index (χ3n) is 3.63. The molecular formula is C19H25NO. The van der Waals surface area contributed by atoms with Crippen LogP contribution in [0.2, 0.25) is 0 Å². The Kier molecular flexibility index (Phi) is 5.26. The second kappa shape index (κ2) is 7.16. The van der Waals surface area contributed by atoms with Crippen molar-refractivity contribution < 1.29 is 4.74 Å². The fourth-order valence-corrected chi connectivity index (χ4v) is 2.48. The normalized spacial score (nSPS) is 12.0. The third kappa shape index (κ3) is 4.25. The van der Waals surface area contributed by atoms with E-state index in [4.69, 9.17) is 4.74 Å². The molecule has 2 heteroatoms. The first-order valence-corrected chi connectivity index (χ1v) is 7.66. The Bertz CT molecular complexity index is 592. The molecule has 0 spiro atoms. The van der Waals surface area contributed by atoms with Gasteiger partial charge in [-0.3, -0.25) is 0 Å². The lowest BCUT2D eigenvalue weighted by Crippen LogP contribution is -2.23. The van der Waals surface area contributed by atoms with Crippen molar-refractivity contribution in [1.82, 2.24) is 0 Å². The molecule has 1 N–H and O–H groups in total. The van der Waals surface area contributed by atoms with Crippen LogP contribution in [0.1, 0.15) is 30.5 Å². The van der Waals surface area contributed by atoms with E-state index in [0.717, 1.165) is 18.7 Å². The zero-order valence-electron chi connectivity index (χ0n) is 13.4. The molecule has 0 aliphatic carbocycles. The predicted octanol–water partition coefficient (Wildman–Crippen LogP) is 4.75. The van der Waals surface area contributed by atoms with E-state index in [0.29, 0.717) is 0 Å². The Morgan fingerprint density at radius 1 is 1.10 bits per heavy atom. The number of rotatable bonds is 6. The highest BCUT2D eigenvalue weighted by Crippen LogP contribution is 2.21. The van der Waals surface area contributed by atoms with E-state index in [1.54, 1.807) is 0 Å². The smallest absolute Gasteiger partial charge is 0.120 e. The second-order valence-corrected chi connectivity index (χ2v) is 5.59. The lowest BCUT2D eigenvalue weighted by atomic mass is 10.1. The minimum absolute atomic E-state index is 0.121. The molecule has 1 atom stereocenters. The van der Waals surface area contributed by atoms with Gasteiger partial charge in [0.15, 0.2) is 0 Å². The number of benzene rings is 2. The van der Waals surface area contributed by atoms with E-state index in [-0.39, 0.29) is 6.10 Å². The summed E-state index contributed by atoms with van der Waals surface area (Å²) in [5.41, 5.74) is 5.12. The molecule has 0 bridgehead atoms. The van der Waals surface area contributed by atoms with E-state index < -0.39 is 0 Å². The molecule has 0 fully saturated rings. The lowest BCUT2D eigenvalue weighted by molar-refractivity contribution is 0.234. The number of para-hydroxylation sites is 1. The van der Waals surface area contributed by atoms with Crippen LogP contribution in [0, 0.1) is 13.8 Å². The molecule has 2 rings (SSSR count). The molecule has 0 saturated carbocycles. The summed E-state index contributed by atoms with van der Waals surface area (Å²) in [6.07, 6.45) is 1.16. The van der Waals surface area contributed by atoms with Gasteiger partial charge in [0.25, 0.3) is 0 Å². The number of anilines is 1. The number of hydrogen-bond donors (Lipinski definition) is 1. The summed E-state index contributed by atoms with van der Waals surface area (Å²) >= 11 is 0. The topological polar surface area (TPSA) is 21.3 Å². The number of hydrogen-bond acceptors (Lipinski definition) is 2. The Morgan fingerprint density at radius 2 is 1.86 bits per heavy atom. The lowest BCUT2D eigenvalue weighted by Gasteiger charge is -2.19. The van der Waals surface area contributed by atoms with Crippen LogP contribution in [0.5, 0.6) is 5.75 Å². The summed E-state index contributed by atoms with van der Waals surface area (Å²) in [6.45, 7) is 9.31. The van der Waals surface area contributed by atoms with E-state index >= 15 is 0 Å². The molecule has 0 radical (unpaired) electrons. The standard InChI is InChI=1S/C19H25NO/c1-5-17-10-7-9-15(3)19(17)20-13-16(4)21-18-11-6-8-14(2)12-18/h6-12,16,20H,5,13H2,1-4H3/t16-/m0/s1. The summed E-state index contributed by atoms with van der Waals surface area (Å²) in [5.74, 6) is 0.935. The molecule has 21 heavy (non-hydrogen) atoms. The van der Waals surface area contributed by atoms with Gasteiger partial charge in [-0.2, -0.15) is 0 Å². The summed E-state index contributed by atoms with van der Waals surface area (Å²) in [4.78, 5) is 0. The van der Waals surface area contributed by atoms with Crippen LogP contribution in [0.15, 0.2) is 42.5 Å². The van der Waals surface area contributed by atoms with Crippen molar-refractivity contribution in [2.24, 2.45) is 0 Å². The summed E-state index contributed by atoms with van der Waals surface area (Å²) in [6, 6.07) is 14.6. The number of nitrogens with one attached hydrogen (secondary N) is 1. The molecule has 0 amide bonds. The van der Waals surface area contributed by atoms with Crippen LogP contribution < -0.4 is 10.1 Å². The highest BCUT2D eigenvalue weighted by atomic mass is 16.5. The first-order valence-electron chi connectivity index (χ1n) is 7.66. The summed E-state index contributed by atoms with van der Waals surface area (Å²) in [5, 5.41) is 3.54. The maximum absolute atomic E-state index is 5.97. The van der Waals surface area contributed by atoms with Crippen LogP contribution in [0.25, 0.3) is 0 Å².